The van der Waals surface area contributed by atoms with Gasteiger partial charge < -0.3 is 20.5 Å². The quantitative estimate of drug-likeness (QED) is 0.184. The van der Waals surface area contributed by atoms with E-state index in [0.29, 0.717) is 43.7 Å². The first-order chi connectivity index (χ1) is 21.0. The molecule has 3 N–H and O–H groups in total. The van der Waals surface area contributed by atoms with Gasteiger partial charge in [0.15, 0.2) is 15.6 Å². The Morgan fingerprint density at radius 3 is 2.23 bits per heavy atom. The summed E-state index contributed by atoms with van der Waals surface area (Å²) in [5.74, 6) is -3.05. The van der Waals surface area contributed by atoms with E-state index in [2.05, 4.69) is 10.6 Å². The number of carbonyl (C=O) groups excluding carboxylic acids is 2. The predicted molar refractivity (Wildman–Crippen MR) is 166 cm³/mol. The third kappa shape index (κ3) is 12.2. The molecule has 0 aromatic heterocycles. The fraction of sp³-hybridized carbons (Fsp3) is 0.576. The van der Waals surface area contributed by atoms with Crippen molar-refractivity contribution in [3.8, 4) is 0 Å². The molecule has 0 spiro atoms. The Labute approximate surface area is 259 Å². The molecule has 2 aromatic carbocycles. The zero-order valence-electron chi connectivity index (χ0n) is 25.6. The Kier molecular flexibility index (Phi) is 14.2. The Bertz CT molecular complexity index is 1280. The van der Waals surface area contributed by atoms with Crippen LogP contribution in [-0.2, 0) is 32.4 Å². The highest BCUT2D eigenvalue weighted by Gasteiger charge is 2.35. The number of ketones is 1. The second-order valence-electron chi connectivity index (χ2n) is 11.9. The number of halogens is 2. The van der Waals surface area contributed by atoms with Crippen LogP contribution in [-0.4, -0.2) is 61.6 Å². The molecule has 3 atom stereocenters. The summed E-state index contributed by atoms with van der Waals surface area (Å²) in [6.45, 7) is 4.56. The SMILES string of the molecule is CCCC(CCC)S(=O)(=O)C[C@@H](NC(=O)OCc1ccccc1)C(=O)C[C@H](Cc1cc(F)cc(F)c1)C(O)CNCC1CC1. The summed E-state index contributed by atoms with van der Waals surface area (Å²) in [7, 11) is -3.81. The van der Waals surface area contributed by atoms with Crippen molar-refractivity contribution in [2.75, 3.05) is 18.8 Å². The average molecular weight is 637 g/mol. The van der Waals surface area contributed by atoms with Crippen molar-refractivity contribution in [3.63, 3.8) is 0 Å². The van der Waals surface area contributed by atoms with Gasteiger partial charge in [-0.3, -0.25) is 4.79 Å². The molecule has 1 aliphatic carbocycles. The lowest BCUT2D eigenvalue weighted by molar-refractivity contribution is -0.122. The van der Waals surface area contributed by atoms with Crippen LogP contribution >= 0.6 is 0 Å². The summed E-state index contributed by atoms with van der Waals surface area (Å²) in [5.41, 5.74) is 0.972. The van der Waals surface area contributed by atoms with Gasteiger partial charge in [0.2, 0.25) is 0 Å². The van der Waals surface area contributed by atoms with Crippen molar-refractivity contribution in [2.24, 2.45) is 11.8 Å². The van der Waals surface area contributed by atoms with Crippen LogP contribution in [0, 0.1) is 23.5 Å². The number of aliphatic hydroxyl groups excluding tert-OH is 1. The summed E-state index contributed by atoms with van der Waals surface area (Å²) in [6, 6.07) is 10.5. The fourth-order valence-electron chi connectivity index (χ4n) is 5.34. The summed E-state index contributed by atoms with van der Waals surface area (Å²) >= 11 is 0. The van der Waals surface area contributed by atoms with Crippen molar-refractivity contribution in [3.05, 3.63) is 71.3 Å². The Morgan fingerprint density at radius 2 is 1.64 bits per heavy atom. The summed E-state index contributed by atoms with van der Waals surface area (Å²) in [4.78, 5) is 26.6. The number of sulfone groups is 1. The third-order valence-corrected chi connectivity index (χ3v) is 10.2. The predicted octanol–water partition coefficient (Wildman–Crippen LogP) is 5.12. The fourth-order valence-corrected chi connectivity index (χ4v) is 7.53. The highest BCUT2D eigenvalue weighted by atomic mass is 32.2. The van der Waals surface area contributed by atoms with E-state index in [-0.39, 0.29) is 31.6 Å². The number of carbonyl (C=O) groups is 2. The van der Waals surface area contributed by atoms with Crippen LogP contribution in [0.2, 0.25) is 0 Å². The van der Waals surface area contributed by atoms with Crippen LogP contribution in [0.5, 0.6) is 0 Å². The van der Waals surface area contributed by atoms with Gasteiger partial charge in [-0.1, -0.05) is 57.0 Å². The molecule has 1 amide bonds. The minimum Gasteiger partial charge on any atom is -0.445 e. The Balaban J connectivity index is 1.81. The lowest BCUT2D eigenvalue weighted by Gasteiger charge is -2.26. The van der Waals surface area contributed by atoms with Crippen LogP contribution in [0.25, 0.3) is 0 Å². The molecule has 3 rings (SSSR count). The highest BCUT2D eigenvalue weighted by Crippen LogP contribution is 2.28. The number of alkyl carbamates (subject to hydrolysis) is 1. The molecule has 0 radical (unpaired) electrons. The molecule has 44 heavy (non-hydrogen) atoms. The van der Waals surface area contributed by atoms with Gasteiger partial charge in [0.1, 0.15) is 24.3 Å². The van der Waals surface area contributed by atoms with Crippen LogP contribution < -0.4 is 10.6 Å². The molecule has 1 aliphatic rings. The highest BCUT2D eigenvalue weighted by molar-refractivity contribution is 7.92. The number of hydrogen-bond acceptors (Lipinski definition) is 7. The molecule has 8 nitrogen and oxygen atoms in total. The van der Waals surface area contributed by atoms with Crippen molar-refractivity contribution in [2.45, 2.75) is 89.2 Å². The van der Waals surface area contributed by atoms with Crippen molar-refractivity contribution >= 4 is 21.7 Å². The van der Waals surface area contributed by atoms with Crippen LogP contribution in [0.1, 0.15) is 69.9 Å². The van der Waals surface area contributed by atoms with Gasteiger partial charge in [-0.05, 0) is 73.7 Å². The number of aliphatic hydroxyl groups is 1. The van der Waals surface area contributed by atoms with E-state index < -0.39 is 62.4 Å². The van der Waals surface area contributed by atoms with E-state index >= 15 is 0 Å². The standard InChI is InChI=1S/C33H46F2N2O6S/c1-3-8-29(9-4-2)44(41,42)22-30(37-33(40)43-21-24-10-6-5-7-11-24)31(38)17-26(32(39)20-36-19-23-12-13-23)14-25-15-27(34)18-28(35)16-25/h5-7,10-11,15-16,18,23,26,29-30,32,36,39H,3-4,8-9,12-14,17,19-22H2,1-2H3,(H,37,40)/t26-,30+,32?/m0/s1. The molecule has 1 fully saturated rings. The van der Waals surface area contributed by atoms with E-state index in [9.17, 15) is 31.9 Å². The molecular weight excluding hydrogens is 590 g/mol. The van der Waals surface area contributed by atoms with Gasteiger partial charge in [-0.2, -0.15) is 0 Å². The maximum Gasteiger partial charge on any atom is 0.408 e. The first-order valence-corrected chi connectivity index (χ1v) is 17.3. The summed E-state index contributed by atoms with van der Waals surface area (Å²) in [5, 5.41) is 16.1. The number of rotatable bonds is 20. The number of Topliss-reactive ketones (excluding diaryl/α,β-unsaturated/α-hetero) is 1. The second-order valence-corrected chi connectivity index (χ2v) is 14.2. The topological polar surface area (TPSA) is 122 Å². The van der Waals surface area contributed by atoms with Gasteiger partial charge in [-0.15, -0.1) is 0 Å². The van der Waals surface area contributed by atoms with Gasteiger partial charge >= 0.3 is 6.09 Å². The molecular formula is C33H46F2N2O6S. The molecule has 0 saturated heterocycles. The van der Waals surface area contributed by atoms with E-state index in [4.69, 9.17) is 4.74 Å². The molecule has 11 heteroatoms. The van der Waals surface area contributed by atoms with Gasteiger partial charge in [0.05, 0.1) is 17.1 Å². The van der Waals surface area contributed by atoms with E-state index in [1.54, 1.807) is 24.3 Å². The monoisotopic (exact) mass is 636 g/mol. The number of benzene rings is 2. The Hall–Kier alpha value is -2.89. The van der Waals surface area contributed by atoms with Gasteiger partial charge in [0, 0.05) is 19.0 Å². The number of ether oxygens (including phenoxy) is 1. The van der Waals surface area contributed by atoms with Crippen molar-refractivity contribution in [1.82, 2.24) is 10.6 Å². The van der Waals surface area contributed by atoms with E-state index in [1.165, 1.54) is 0 Å². The number of nitrogens with one attached hydrogen (secondary N) is 2. The first kappa shape index (κ1) is 35.6. The molecule has 0 bridgehead atoms. The van der Waals surface area contributed by atoms with Crippen LogP contribution in [0.4, 0.5) is 13.6 Å². The second kappa shape index (κ2) is 17.6. The maximum absolute atomic E-state index is 14.0. The minimum atomic E-state index is -3.81. The minimum absolute atomic E-state index is 0.0289. The number of hydrogen-bond donors (Lipinski definition) is 3. The zero-order chi connectivity index (χ0) is 32.1. The van der Waals surface area contributed by atoms with Crippen molar-refractivity contribution in [1.29, 1.82) is 0 Å². The molecule has 244 valence electrons. The molecule has 0 heterocycles. The number of amides is 1. The molecule has 0 aliphatic heterocycles. The van der Waals surface area contributed by atoms with Gasteiger partial charge in [-0.25, -0.2) is 22.0 Å². The van der Waals surface area contributed by atoms with E-state index in [1.807, 2.05) is 19.9 Å². The first-order valence-electron chi connectivity index (χ1n) is 15.6. The average Bonchev–Trinajstić information content (AvgIpc) is 3.79. The summed E-state index contributed by atoms with van der Waals surface area (Å²) < 4.78 is 60.3. The van der Waals surface area contributed by atoms with E-state index in [0.717, 1.165) is 31.0 Å². The van der Waals surface area contributed by atoms with Gasteiger partial charge in [0.25, 0.3) is 0 Å². The van der Waals surface area contributed by atoms with Crippen molar-refractivity contribution < 1.29 is 36.6 Å². The van der Waals surface area contributed by atoms with Crippen LogP contribution in [0.15, 0.2) is 48.5 Å². The zero-order valence-corrected chi connectivity index (χ0v) is 26.5. The lowest BCUT2D eigenvalue weighted by Crippen LogP contribution is -2.48. The maximum atomic E-state index is 14.0. The molecule has 2 aromatic rings. The molecule has 1 saturated carbocycles. The normalized spacial score (nSPS) is 15.5. The summed E-state index contributed by atoms with van der Waals surface area (Å²) in [6.07, 6.45) is 1.97. The smallest absolute Gasteiger partial charge is 0.408 e. The third-order valence-electron chi connectivity index (χ3n) is 7.93. The van der Waals surface area contributed by atoms with Crippen LogP contribution in [0.3, 0.4) is 0 Å². The molecule has 1 unspecified atom stereocenters. The largest absolute Gasteiger partial charge is 0.445 e. The lowest BCUT2D eigenvalue weighted by atomic mass is 9.87. The Morgan fingerprint density at radius 1 is 1.00 bits per heavy atom.